The Morgan fingerprint density at radius 3 is 2.65 bits per heavy atom. The van der Waals surface area contributed by atoms with Crippen LogP contribution in [0.1, 0.15) is 30.5 Å². The number of aromatic nitrogens is 1. The summed E-state index contributed by atoms with van der Waals surface area (Å²) in [6.07, 6.45) is 4.33. The van der Waals surface area contributed by atoms with E-state index in [4.69, 9.17) is 11.8 Å². The van der Waals surface area contributed by atoms with E-state index in [0.717, 1.165) is 12.4 Å². The predicted octanol–water partition coefficient (Wildman–Crippen LogP) is 5.26. The van der Waals surface area contributed by atoms with Crippen LogP contribution in [0, 0.1) is 0 Å². The lowest BCUT2D eigenvalue weighted by atomic mass is 9.75. The fourth-order valence-corrected chi connectivity index (χ4v) is 4.43. The molecule has 2 aliphatic heterocycles. The van der Waals surface area contributed by atoms with Gasteiger partial charge < -0.3 is 0 Å². The zero-order valence-electron chi connectivity index (χ0n) is 13.2. The highest BCUT2D eigenvalue weighted by Gasteiger charge is 2.36. The zero-order valence-corrected chi connectivity index (χ0v) is 13.9. The first-order chi connectivity index (χ1) is 11.1. The molecule has 3 heteroatoms. The van der Waals surface area contributed by atoms with Crippen molar-refractivity contribution in [1.29, 1.82) is 0 Å². The molecule has 3 aromatic rings. The van der Waals surface area contributed by atoms with Gasteiger partial charge in [-0.3, -0.25) is 8.99 Å². The molecule has 5 rings (SSSR count). The topological polar surface area (TPSA) is 8.17 Å². The van der Waals surface area contributed by atoms with Crippen molar-refractivity contribution in [1.82, 2.24) is 4.57 Å². The Labute approximate surface area is 140 Å². The lowest BCUT2D eigenvalue weighted by Gasteiger charge is -2.35. The van der Waals surface area contributed by atoms with Gasteiger partial charge >= 0.3 is 0 Å². The van der Waals surface area contributed by atoms with E-state index in [1.54, 1.807) is 0 Å². The molecule has 0 saturated heterocycles. The Morgan fingerprint density at radius 1 is 1.00 bits per heavy atom. The summed E-state index contributed by atoms with van der Waals surface area (Å²) in [4.78, 5) is 0. The molecule has 3 heterocycles. The quantitative estimate of drug-likeness (QED) is 0.513. The van der Waals surface area contributed by atoms with E-state index in [2.05, 4.69) is 73.0 Å². The van der Waals surface area contributed by atoms with Crippen molar-refractivity contribution in [3.63, 3.8) is 0 Å². The second-order valence-electron chi connectivity index (χ2n) is 6.86. The molecular formula is C20H17ClN2. The van der Waals surface area contributed by atoms with Crippen LogP contribution in [0.4, 0.5) is 5.82 Å². The molecule has 0 atom stereocenters. The second-order valence-corrected chi connectivity index (χ2v) is 7.27. The maximum Gasteiger partial charge on any atom is 0.136 e. The van der Waals surface area contributed by atoms with Gasteiger partial charge in [0.2, 0.25) is 0 Å². The van der Waals surface area contributed by atoms with E-state index < -0.39 is 0 Å². The van der Waals surface area contributed by atoms with Gasteiger partial charge in [0.15, 0.2) is 0 Å². The number of fused-ring (bicyclic) bond motifs is 5. The highest BCUT2D eigenvalue weighted by atomic mass is 35.5. The van der Waals surface area contributed by atoms with E-state index in [9.17, 15) is 0 Å². The molecule has 0 radical (unpaired) electrons. The average molecular weight is 321 g/mol. The maximum absolute atomic E-state index is 6.58. The molecule has 0 amide bonds. The van der Waals surface area contributed by atoms with Gasteiger partial charge in [-0.15, -0.1) is 0 Å². The van der Waals surface area contributed by atoms with Crippen LogP contribution in [0.5, 0.6) is 0 Å². The molecule has 2 aromatic carbocycles. The standard InChI is InChI=1S/C20H17ClN2/c1-20(2)15-9-3-4-11-17(15)23-18-13(7-5-10-16(18)20)14-8-6-12-22(21)19(14)23/h3-11H,12H2,1-2H3. The Hall–Kier alpha value is -2.19. The molecule has 23 heavy (non-hydrogen) atoms. The van der Waals surface area contributed by atoms with E-state index in [1.807, 2.05) is 4.42 Å². The predicted molar refractivity (Wildman–Crippen MR) is 97.6 cm³/mol. The Balaban J connectivity index is 2.07. The van der Waals surface area contributed by atoms with Gasteiger partial charge in [-0.2, -0.15) is 0 Å². The Bertz CT molecular complexity index is 994. The van der Waals surface area contributed by atoms with Gasteiger partial charge in [0.05, 0.1) is 17.7 Å². The minimum Gasteiger partial charge on any atom is -0.294 e. The van der Waals surface area contributed by atoms with Gasteiger partial charge in [-0.25, -0.2) is 0 Å². The normalized spacial score (nSPS) is 17.3. The third-order valence-corrected chi connectivity index (χ3v) is 5.57. The van der Waals surface area contributed by atoms with Crippen molar-refractivity contribution in [2.75, 3.05) is 11.0 Å². The smallest absolute Gasteiger partial charge is 0.136 e. The number of anilines is 1. The average Bonchev–Trinajstić information content (AvgIpc) is 2.90. The molecule has 114 valence electrons. The van der Waals surface area contributed by atoms with Crippen LogP contribution in [0.2, 0.25) is 0 Å². The molecule has 0 saturated carbocycles. The van der Waals surface area contributed by atoms with Crippen LogP contribution >= 0.6 is 11.8 Å². The van der Waals surface area contributed by atoms with Gasteiger partial charge in [-0.1, -0.05) is 62.4 Å². The largest absolute Gasteiger partial charge is 0.294 e. The highest BCUT2D eigenvalue weighted by molar-refractivity contribution is 6.27. The third kappa shape index (κ3) is 1.50. The summed E-state index contributed by atoms with van der Waals surface area (Å²) >= 11 is 6.58. The monoisotopic (exact) mass is 320 g/mol. The molecule has 0 N–H and O–H groups in total. The van der Waals surface area contributed by atoms with Gasteiger partial charge in [0, 0.05) is 28.1 Å². The number of para-hydroxylation sites is 2. The third-order valence-electron chi connectivity index (χ3n) is 5.27. The van der Waals surface area contributed by atoms with Crippen LogP contribution in [-0.4, -0.2) is 11.1 Å². The van der Waals surface area contributed by atoms with Crippen molar-refractivity contribution in [2.45, 2.75) is 19.3 Å². The first kappa shape index (κ1) is 13.3. The molecular weight excluding hydrogens is 304 g/mol. The molecule has 1 aromatic heterocycles. The number of halogens is 1. The zero-order chi connectivity index (χ0) is 15.8. The minimum absolute atomic E-state index is 0.0199. The van der Waals surface area contributed by atoms with Crippen LogP contribution in [0.3, 0.4) is 0 Å². The van der Waals surface area contributed by atoms with Crippen LogP contribution in [0.25, 0.3) is 22.7 Å². The summed E-state index contributed by atoms with van der Waals surface area (Å²) in [6, 6.07) is 15.3. The molecule has 0 fully saturated rings. The molecule has 2 nitrogen and oxygen atoms in total. The van der Waals surface area contributed by atoms with Crippen molar-refractivity contribution in [2.24, 2.45) is 0 Å². The van der Waals surface area contributed by atoms with Crippen LogP contribution in [0.15, 0.2) is 48.5 Å². The van der Waals surface area contributed by atoms with Crippen molar-refractivity contribution < 1.29 is 0 Å². The van der Waals surface area contributed by atoms with Gasteiger partial charge in [0.25, 0.3) is 0 Å². The Morgan fingerprint density at radius 2 is 1.78 bits per heavy atom. The summed E-state index contributed by atoms with van der Waals surface area (Å²) < 4.78 is 4.17. The molecule has 0 bridgehead atoms. The number of benzene rings is 2. The van der Waals surface area contributed by atoms with E-state index in [1.165, 1.54) is 33.3 Å². The van der Waals surface area contributed by atoms with Crippen molar-refractivity contribution in [3.05, 3.63) is 65.2 Å². The van der Waals surface area contributed by atoms with Crippen molar-refractivity contribution >= 4 is 34.6 Å². The summed E-state index contributed by atoms with van der Waals surface area (Å²) in [5.41, 5.74) is 6.44. The van der Waals surface area contributed by atoms with Crippen LogP contribution in [-0.2, 0) is 5.41 Å². The van der Waals surface area contributed by atoms with E-state index >= 15 is 0 Å². The fraction of sp³-hybridized carbons (Fsp3) is 0.200. The Kier molecular flexibility index (Phi) is 2.43. The SMILES string of the molecule is CC1(C)c2ccccc2-n2c3c(c4cccc1c42)C=CCN3Cl. The lowest BCUT2D eigenvalue weighted by molar-refractivity contribution is 0.628. The second kappa shape index (κ2) is 4.21. The summed E-state index contributed by atoms with van der Waals surface area (Å²) in [5, 5.41) is 1.28. The minimum atomic E-state index is -0.0199. The summed E-state index contributed by atoms with van der Waals surface area (Å²) in [5.74, 6) is 1.08. The number of hydrogen-bond acceptors (Lipinski definition) is 1. The van der Waals surface area contributed by atoms with Crippen LogP contribution < -0.4 is 4.42 Å². The lowest BCUT2D eigenvalue weighted by Crippen LogP contribution is -2.27. The maximum atomic E-state index is 6.58. The molecule has 2 aliphatic rings. The summed E-state index contributed by atoms with van der Waals surface area (Å²) in [6.45, 7) is 5.35. The molecule has 0 aliphatic carbocycles. The van der Waals surface area contributed by atoms with Gasteiger partial charge in [0.1, 0.15) is 5.82 Å². The highest BCUT2D eigenvalue weighted by Crippen LogP contribution is 2.49. The van der Waals surface area contributed by atoms with Crippen molar-refractivity contribution in [3.8, 4) is 5.69 Å². The van der Waals surface area contributed by atoms with E-state index in [0.29, 0.717) is 0 Å². The fourth-order valence-electron chi connectivity index (χ4n) is 4.18. The number of nitrogens with zero attached hydrogens (tertiary/aromatic N) is 2. The number of rotatable bonds is 0. The molecule has 0 unspecified atom stereocenters. The van der Waals surface area contributed by atoms with Gasteiger partial charge in [-0.05, 0) is 17.2 Å². The molecule has 0 spiro atoms. The van der Waals surface area contributed by atoms with E-state index in [-0.39, 0.29) is 5.41 Å². The summed E-state index contributed by atoms with van der Waals surface area (Å²) in [7, 11) is 0. The number of hydrogen-bond donors (Lipinski definition) is 0. The first-order valence-electron chi connectivity index (χ1n) is 7.98. The first-order valence-corrected chi connectivity index (χ1v) is 8.32.